The molecule has 0 saturated carbocycles. The Morgan fingerprint density at radius 3 is 2.83 bits per heavy atom. The van der Waals surface area contributed by atoms with Crippen molar-refractivity contribution in [1.29, 1.82) is 0 Å². The first-order valence-corrected chi connectivity index (χ1v) is 7.26. The number of rotatable bonds is 4. The summed E-state index contributed by atoms with van der Waals surface area (Å²) >= 11 is 1.71. The number of amides is 1. The van der Waals surface area contributed by atoms with Gasteiger partial charge in [0.25, 0.3) is 0 Å². The van der Waals surface area contributed by atoms with Crippen LogP contribution in [0.15, 0.2) is 30.3 Å². The van der Waals surface area contributed by atoms with Gasteiger partial charge < -0.3 is 10.4 Å². The Morgan fingerprint density at radius 2 is 2.22 bits per heavy atom. The molecule has 1 aliphatic heterocycles. The van der Waals surface area contributed by atoms with Crippen molar-refractivity contribution >= 4 is 17.7 Å². The van der Waals surface area contributed by atoms with Gasteiger partial charge in [-0.05, 0) is 31.1 Å². The lowest BCUT2D eigenvalue weighted by molar-refractivity contribution is -0.123. The van der Waals surface area contributed by atoms with E-state index in [2.05, 4.69) is 5.32 Å². The van der Waals surface area contributed by atoms with Gasteiger partial charge in [-0.1, -0.05) is 30.3 Å². The minimum absolute atomic E-state index is 0.0416. The quantitative estimate of drug-likeness (QED) is 0.876. The molecule has 0 spiro atoms. The normalized spacial score (nSPS) is 24.8. The number of thioether (sulfide) groups is 1. The third kappa shape index (κ3) is 3.06. The molecule has 0 aromatic heterocycles. The standard InChI is InChI=1S/C14H19NO2S/c1-14(8-5-9-18-14)13(17)15-10-12(16)11-6-3-2-4-7-11/h2-4,6-7,12,16H,5,8-10H2,1H3,(H,15,17). The highest BCUT2D eigenvalue weighted by molar-refractivity contribution is 8.01. The molecule has 2 rings (SSSR count). The van der Waals surface area contributed by atoms with Crippen LogP contribution < -0.4 is 5.32 Å². The number of hydrogen-bond acceptors (Lipinski definition) is 3. The van der Waals surface area contributed by atoms with Crippen molar-refractivity contribution in [3.05, 3.63) is 35.9 Å². The van der Waals surface area contributed by atoms with Gasteiger partial charge in [0.1, 0.15) is 0 Å². The molecule has 1 aromatic rings. The summed E-state index contributed by atoms with van der Waals surface area (Å²) in [6.45, 7) is 2.26. The highest BCUT2D eigenvalue weighted by Crippen LogP contribution is 2.37. The lowest BCUT2D eigenvalue weighted by Crippen LogP contribution is -2.41. The number of benzene rings is 1. The topological polar surface area (TPSA) is 49.3 Å². The molecule has 1 aliphatic rings. The number of carbonyl (C=O) groups is 1. The summed E-state index contributed by atoms with van der Waals surface area (Å²) < 4.78 is -0.309. The minimum atomic E-state index is -0.634. The molecule has 0 bridgehead atoms. The second-order valence-corrected chi connectivity index (χ2v) is 6.42. The van der Waals surface area contributed by atoms with Crippen LogP contribution in [-0.4, -0.2) is 28.1 Å². The van der Waals surface area contributed by atoms with Gasteiger partial charge in [0, 0.05) is 6.54 Å². The zero-order valence-corrected chi connectivity index (χ0v) is 11.4. The Hall–Kier alpha value is -1.00. The van der Waals surface area contributed by atoms with Crippen molar-refractivity contribution in [1.82, 2.24) is 5.32 Å². The minimum Gasteiger partial charge on any atom is -0.387 e. The molecular weight excluding hydrogens is 246 g/mol. The van der Waals surface area contributed by atoms with Crippen LogP contribution in [0.3, 0.4) is 0 Å². The van der Waals surface area contributed by atoms with E-state index in [1.54, 1.807) is 11.8 Å². The molecule has 18 heavy (non-hydrogen) atoms. The zero-order valence-electron chi connectivity index (χ0n) is 10.6. The zero-order chi connectivity index (χ0) is 13.0. The summed E-state index contributed by atoms with van der Waals surface area (Å²) in [5, 5.41) is 12.8. The molecule has 98 valence electrons. The maximum atomic E-state index is 12.1. The fraction of sp³-hybridized carbons (Fsp3) is 0.500. The van der Waals surface area contributed by atoms with Crippen molar-refractivity contribution in [3.8, 4) is 0 Å². The Kier molecular flexibility index (Phi) is 4.30. The van der Waals surface area contributed by atoms with Gasteiger partial charge in [0.05, 0.1) is 10.9 Å². The van der Waals surface area contributed by atoms with E-state index in [-0.39, 0.29) is 17.2 Å². The summed E-state index contributed by atoms with van der Waals surface area (Å²) in [5.41, 5.74) is 0.835. The van der Waals surface area contributed by atoms with E-state index >= 15 is 0 Å². The molecule has 1 saturated heterocycles. The first-order valence-electron chi connectivity index (χ1n) is 6.27. The Balaban J connectivity index is 1.86. The summed E-state index contributed by atoms with van der Waals surface area (Å²) in [6.07, 6.45) is 1.38. The van der Waals surface area contributed by atoms with Crippen molar-refractivity contribution in [2.75, 3.05) is 12.3 Å². The second kappa shape index (κ2) is 5.76. The van der Waals surface area contributed by atoms with Crippen LogP contribution in [-0.2, 0) is 4.79 Å². The van der Waals surface area contributed by atoms with E-state index in [0.29, 0.717) is 0 Å². The first kappa shape index (κ1) is 13.4. The SMILES string of the molecule is CC1(C(=O)NCC(O)c2ccccc2)CCCS1. The molecule has 1 aromatic carbocycles. The smallest absolute Gasteiger partial charge is 0.236 e. The van der Waals surface area contributed by atoms with Gasteiger partial charge >= 0.3 is 0 Å². The Labute approximate surface area is 112 Å². The van der Waals surface area contributed by atoms with Crippen molar-refractivity contribution in [3.63, 3.8) is 0 Å². The maximum Gasteiger partial charge on any atom is 0.236 e. The summed E-state index contributed by atoms with van der Waals surface area (Å²) in [6, 6.07) is 9.40. The van der Waals surface area contributed by atoms with Gasteiger partial charge in [-0.2, -0.15) is 0 Å². The van der Waals surface area contributed by atoms with Gasteiger partial charge in [0.15, 0.2) is 0 Å². The predicted molar refractivity (Wildman–Crippen MR) is 74.5 cm³/mol. The largest absolute Gasteiger partial charge is 0.387 e. The fourth-order valence-electron chi connectivity index (χ4n) is 2.13. The van der Waals surface area contributed by atoms with E-state index < -0.39 is 6.10 Å². The number of carbonyl (C=O) groups excluding carboxylic acids is 1. The highest BCUT2D eigenvalue weighted by atomic mass is 32.2. The van der Waals surface area contributed by atoms with E-state index in [0.717, 1.165) is 24.2 Å². The molecule has 1 fully saturated rings. The van der Waals surface area contributed by atoms with E-state index in [1.165, 1.54) is 0 Å². The predicted octanol–water partition coefficient (Wildman–Crippen LogP) is 2.12. The van der Waals surface area contributed by atoms with Crippen LogP contribution in [0, 0.1) is 0 Å². The fourth-order valence-corrected chi connectivity index (χ4v) is 3.36. The Bertz CT molecular complexity index is 402. The van der Waals surface area contributed by atoms with Gasteiger partial charge in [-0.15, -0.1) is 11.8 Å². The molecule has 2 atom stereocenters. The summed E-state index contributed by atoms with van der Waals surface area (Å²) in [7, 11) is 0. The number of nitrogens with one attached hydrogen (secondary N) is 1. The lowest BCUT2D eigenvalue weighted by atomic mass is 10.0. The van der Waals surface area contributed by atoms with Gasteiger partial charge in [0.2, 0.25) is 5.91 Å². The first-order chi connectivity index (χ1) is 8.62. The van der Waals surface area contributed by atoms with E-state index in [9.17, 15) is 9.90 Å². The average Bonchev–Trinajstić information content (AvgIpc) is 2.85. The molecule has 1 heterocycles. The van der Waals surface area contributed by atoms with Crippen molar-refractivity contribution in [2.24, 2.45) is 0 Å². The Morgan fingerprint density at radius 1 is 1.50 bits per heavy atom. The van der Waals surface area contributed by atoms with Crippen LogP contribution in [0.4, 0.5) is 0 Å². The molecule has 4 heteroatoms. The number of aliphatic hydroxyl groups excluding tert-OH is 1. The van der Waals surface area contributed by atoms with Gasteiger partial charge in [-0.25, -0.2) is 0 Å². The van der Waals surface area contributed by atoms with Crippen LogP contribution in [0.2, 0.25) is 0 Å². The molecular formula is C14H19NO2S. The second-order valence-electron chi connectivity index (χ2n) is 4.82. The molecule has 2 unspecified atom stereocenters. The van der Waals surface area contributed by atoms with Crippen LogP contribution in [0.25, 0.3) is 0 Å². The molecule has 1 amide bonds. The van der Waals surface area contributed by atoms with Crippen molar-refractivity contribution in [2.45, 2.75) is 30.6 Å². The monoisotopic (exact) mass is 265 g/mol. The number of aliphatic hydroxyl groups is 1. The molecule has 3 nitrogen and oxygen atoms in total. The third-order valence-electron chi connectivity index (χ3n) is 3.34. The van der Waals surface area contributed by atoms with E-state index in [4.69, 9.17) is 0 Å². The van der Waals surface area contributed by atoms with Gasteiger partial charge in [-0.3, -0.25) is 4.79 Å². The molecule has 2 N–H and O–H groups in total. The molecule has 0 aliphatic carbocycles. The van der Waals surface area contributed by atoms with Crippen molar-refractivity contribution < 1.29 is 9.90 Å². The highest BCUT2D eigenvalue weighted by Gasteiger charge is 2.37. The lowest BCUT2D eigenvalue weighted by Gasteiger charge is -2.22. The molecule has 0 radical (unpaired) electrons. The van der Waals surface area contributed by atoms with Crippen LogP contribution >= 0.6 is 11.8 Å². The van der Waals surface area contributed by atoms with E-state index in [1.807, 2.05) is 37.3 Å². The summed E-state index contributed by atoms with van der Waals surface area (Å²) in [4.78, 5) is 12.1. The van der Waals surface area contributed by atoms with Crippen LogP contribution in [0.1, 0.15) is 31.4 Å². The maximum absolute atomic E-state index is 12.1. The summed E-state index contributed by atoms with van der Waals surface area (Å²) in [5.74, 6) is 1.09. The number of hydrogen-bond donors (Lipinski definition) is 2. The third-order valence-corrected chi connectivity index (χ3v) is 4.86. The van der Waals surface area contributed by atoms with Crippen LogP contribution in [0.5, 0.6) is 0 Å². The average molecular weight is 265 g/mol.